The highest BCUT2D eigenvalue weighted by Crippen LogP contribution is 2.28. The van der Waals surface area contributed by atoms with E-state index in [2.05, 4.69) is 10.3 Å². The van der Waals surface area contributed by atoms with Gasteiger partial charge in [0, 0.05) is 5.56 Å². The van der Waals surface area contributed by atoms with Crippen LogP contribution in [-0.2, 0) is 11.3 Å². The second-order valence-corrected chi connectivity index (χ2v) is 6.18. The van der Waals surface area contributed by atoms with Gasteiger partial charge in [-0.05, 0) is 35.9 Å². The fourth-order valence-electron chi connectivity index (χ4n) is 2.89. The number of nitrogens with zero attached hydrogens (tertiary/aromatic N) is 3. The summed E-state index contributed by atoms with van der Waals surface area (Å²) < 4.78 is 21.8. The van der Waals surface area contributed by atoms with Crippen molar-refractivity contribution in [3.05, 3.63) is 65.0 Å². The highest BCUT2D eigenvalue weighted by Gasteiger charge is 2.27. The Bertz CT molecular complexity index is 1060. The van der Waals surface area contributed by atoms with Gasteiger partial charge in [0.05, 0.1) is 35.0 Å². The van der Waals surface area contributed by atoms with Crippen LogP contribution in [0.2, 0.25) is 0 Å². The van der Waals surface area contributed by atoms with Crippen LogP contribution in [0.4, 0.5) is 0 Å². The summed E-state index contributed by atoms with van der Waals surface area (Å²) in [6.45, 7) is 0.223. The predicted octanol–water partition coefficient (Wildman–Crippen LogP) is 2.37. The number of hydrogen-bond acceptors (Lipinski definition) is 8. The zero-order valence-corrected chi connectivity index (χ0v) is 17.0. The molecule has 156 valence electrons. The summed E-state index contributed by atoms with van der Waals surface area (Å²) in [6.07, 6.45) is 0. The van der Waals surface area contributed by atoms with E-state index in [4.69, 9.17) is 18.9 Å². The van der Waals surface area contributed by atoms with Crippen LogP contribution in [0, 0.1) is 0 Å². The number of aromatic nitrogens is 3. The molecule has 9 heteroatoms. The smallest absolute Gasteiger partial charge is 0.358 e. The number of carbonyl (C=O) groups excluding carboxylic acids is 2. The molecule has 0 aliphatic rings. The lowest BCUT2D eigenvalue weighted by molar-refractivity contribution is 0.0584. The van der Waals surface area contributed by atoms with Crippen molar-refractivity contribution < 1.29 is 28.5 Å². The Balaban J connectivity index is 1.98. The normalized spacial score (nSPS) is 10.4. The van der Waals surface area contributed by atoms with Gasteiger partial charge in [-0.3, -0.25) is 4.79 Å². The lowest BCUT2D eigenvalue weighted by atomic mass is 10.1. The van der Waals surface area contributed by atoms with Crippen molar-refractivity contribution in [1.29, 1.82) is 0 Å². The molecule has 1 heterocycles. The molecular weight excluding hydrogens is 390 g/mol. The van der Waals surface area contributed by atoms with Crippen molar-refractivity contribution >= 4 is 11.8 Å². The van der Waals surface area contributed by atoms with Crippen LogP contribution in [0.5, 0.6) is 17.2 Å². The van der Waals surface area contributed by atoms with Crippen molar-refractivity contribution in [1.82, 2.24) is 15.0 Å². The molecule has 0 radical (unpaired) electrons. The molecule has 0 saturated carbocycles. The third kappa shape index (κ3) is 4.09. The average Bonchev–Trinajstić information content (AvgIpc) is 3.21. The molecule has 0 unspecified atom stereocenters. The molecule has 3 aromatic rings. The third-order valence-corrected chi connectivity index (χ3v) is 4.47. The summed E-state index contributed by atoms with van der Waals surface area (Å²) in [6, 6.07) is 11.9. The monoisotopic (exact) mass is 411 g/mol. The fourth-order valence-corrected chi connectivity index (χ4v) is 2.89. The SMILES string of the molecule is COC(=O)c1c(C(=O)c2ccc(OC)c(OC)c2)nnn1Cc1ccc(OC)cc1. The van der Waals surface area contributed by atoms with Crippen LogP contribution in [-0.4, -0.2) is 55.2 Å². The number of carbonyl (C=O) groups is 2. The molecule has 9 nitrogen and oxygen atoms in total. The molecule has 0 atom stereocenters. The van der Waals surface area contributed by atoms with Gasteiger partial charge in [0.15, 0.2) is 22.9 Å². The Morgan fingerprint density at radius 3 is 2.20 bits per heavy atom. The number of benzene rings is 2. The average molecular weight is 411 g/mol. The summed E-state index contributed by atoms with van der Waals surface area (Å²) in [5, 5.41) is 7.96. The van der Waals surface area contributed by atoms with Gasteiger partial charge in [-0.1, -0.05) is 17.3 Å². The molecule has 0 saturated heterocycles. The molecule has 0 spiro atoms. The van der Waals surface area contributed by atoms with Crippen molar-refractivity contribution in [3.63, 3.8) is 0 Å². The third-order valence-electron chi connectivity index (χ3n) is 4.47. The van der Waals surface area contributed by atoms with Gasteiger partial charge >= 0.3 is 5.97 Å². The lowest BCUT2D eigenvalue weighted by Gasteiger charge is -2.09. The van der Waals surface area contributed by atoms with Crippen LogP contribution >= 0.6 is 0 Å². The van der Waals surface area contributed by atoms with Gasteiger partial charge in [-0.15, -0.1) is 5.10 Å². The Morgan fingerprint density at radius 1 is 0.900 bits per heavy atom. The molecule has 0 fully saturated rings. The largest absolute Gasteiger partial charge is 0.497 e. The highest BCUT2D eigenvalue weighted by atomic mass is 16.5. The topological polar surface area (TPSA) is 102 Å². The van der Waals surface area contributed by atoms with Crippen molar-refractivity contribution in [2.75, 3.05) is 28.4 Å². The van der Waals surface area contributed by atoms with Gasteiger partial charge in [-0.2, -0.15) is 0 Å². The molecule has 1 aromatic heterocycles. The molecule has 0 N–H and O–H groups in total. The second-order valence-electron chi connectivity index (χ2n) is 6.18. The van der Waals surface area contributed by atoms with Crippen LogP contribution < -0.4 is 14.2 Å². The van der Waals surface area contributed by atoms with Crippen molar-refractivity contribution in [2.45, 2.75) is 6.54 Å². The highest BCUT2D eigenvalue weighted by molar-refractivity contribution is 6.12. The summed E-state index contributed by atoms with van der Waals surface area (Å²) in [7, 11) is 5.78. The number of rotatable bonds is 8. The van der Waals surface area contributed by atoms with Crippen LogP contribution in [0.25, 0.3) is 0 Å². The minimum atomic E-state index is -0.711. The van der Waals surface area contributed by atoms with Gasteiger partial charge in [0.25, 0.3) is 0 Å². The standard InChI is InChI=1S/C21H21N3O6/c1-27-15-8-5-13(6-9-15)12-24-19(21(26)30-4)18(22-23-24)20(25)14-7-10-16(28-2)17(11-14)29-3/h5-11H,12H2,1-4H3. The molecule has 0 aliphatic carbocycles. The Hall–Kier alpha value is -3.88. The quantitative estimate of drug-likeness (QED) is 0.411. The maximum absolute atomic E-state index is 13.1. The number of esters is 1. The molecule has 0 aliphatic heterocycles. The van der Waals surface area contributed by atoms with Gasteiger partial charge in [0.1, 0.15) is 5.75 Å². The van der Waals surface area contributed by atoms with E-state index in [0.717, 1.165) is 5.56 Å². The van der Waals surface area contributed by atoms with Crippen LogP contribution in [0.3, 0.4) is 0 Å². The van der Waals surface area contributed by atoms with Crippen molar-refractivity contribution in [3.8, 4) is 17.2 Å². The zero-order chi connectivity index (χ0) is 21.7. The summed E-state index contributed by atoms with van der Waals surface area (Å²) >= 11 is 0. The Morgan fingerprint density at radius 2 is 1.60 bits per heavy atom. The summed E-state index contributed by atoms with van der Waals surface area (Å²) in [5.41, 5.74) is 0.973. The Kier molecular flexibility index (Phi) is 6.31. The van der Waals surface area contributed by atoms with E-state index in [1.807, 2.05) is 12.1 Å². The van der Waals surface area contributed by atoms with Crippen LogP contribution in [0.15, 0.2) is 42.5 Å². The lowest BCUT2D eigenvalue weighted by Crippen LogP contribution is -2.17. The zero-order valence-electron chi connectivity index (χ0n) is 17.0. The van der Waals surface area contributed by atoms with Gasteiger partial charge in [0.2, 0.25) is 5.78 Å². The fraction of sp³-hybridized carbons (Fsp3) is 0.238. The van der Waals surface area contributed by atoms with E-state index < -0.39 is 11.8 Å². The molecule has 30 heavy (non-hydrogen) atoms. The first-order chi connectivity index (χ1) is 14.5. The number of ketones is 1. The summed E-state index contributed by atoms with van der Waals surface area (Å²) in [4.78, 5) is 25.5. The van der Waals surface area contributed by atoms with E-state index in [0.29, 0.717) is 17.2 Å². The Labute approximate surface area is 173 Å². The van der Waals surface area contributed by atoms with E-state index >= 15 is 0 Å². The summed E-state index contributed by atoms with van der Waals surface area (Å²) in [5.74, 6) is 0.364. The minimum Gasteiger partial charge on any atom is -0.497 e. The first-order valence-corrected chi connectivity index (χ1v) is 8.93. The maximum atomic E-state index is 13.1. The van der Waals surface area contributed by atoms with E-state index in [1.54, 1.807) is 31.4 Å². The number of ether oxygens (including phenoxy) is 4. The van der Waals surface area contributed by atoms with Gasteiger partial charge < -0.3 is 18.9 Å². The van der Waals surface area contributed by atoms with Gasteiger partial charge in [-0.25, -0.2) is 9.48 Å². The molecule has 0 bridgehead atoms. The minimum absolute atomic E-state index is 0.0342. The molecule has 3 rings (SSSR count). The first-order valence-electron chi connectivity index (χ1n) is 8.93. The number of methoxy groups -OCH3 is 4. The van der Waals surface area contributed by atoms with E-state index in [1.165, 1.54) is 32.1 Å². The molecule has 0 amide bonds. The molecule has 2 aromatic carbocycles. The predicted molar refractivity (Wildman–Crippen MR) is 106 cm³/mol. The second kappa shape index (κ2) is 9.08. The molecular formula is C21H21N3O6. The first kappa shape index (κ1) is 20.8. The van der Waals surface area contributed by atoms with Crippen molar-refractivity contribution in [2.24, 2.45) is 0 Å². The van der Waals surface area contributed by atoms with E-state index in [-0.39, 0.29) is 23.5 Å². The van der Waals surface area contributed by atoms with Crippen LogP contribution in [0.1, 0.15) is 32.1 Å². The number of hydrogen-bond donors (Lipinski definition) is 0. The van der Waals surface area contributed by atoms with E-state index in [9.17, 15) is 9.59 Å². The maximum Gasteiger partial charge on any atom is 0.358 e.